The number of cyclic esters (lactones) is 1. The number of methoxy groups -OCH3 is 2. The molecule has 1 aliphatic rings. The minimum absolute atomic E-state index is 0.330. The molecule has 2 aromatic carbocycles. The zero-order chi connectivity index (χ0) is 17.1. The van der Waals surface area contributed by atoms with Crippen LogP contribution < -0.4 is 9.47 Å². The number of ether oxygens (including phenoxy) is 3. The van der Waals surface area contributed by atoms with Gasteiger partial charge in [0, 0.05) is 0 Å². The molecule has 122 valence electrons. The Morgan fingerprint density at radius 3 is 2.46 bits per heavy atom. The Bertz CT molecular complexity index is 835. The summed E-state index contributed by atoms with van der Waals surface area (Å²) in [4.78, 5) is 12.1. The highest BCUT2D eigenvalue weighted by molar-refractivity contribution is 6.05. The van der Waals surface area contributed by atoms with Crippen molar-refractivity contribution in [2.75, 3.05) is 14.2 Å². The average Bonchev–Trinajstić information content (AvgIpc) is 2.97. The second-order valence-corrected chi connectivity index (χ2v) is 5.12. The Kier molecular flexibility index (Phi) is 4.33. The largest absolute Gasteiger partial charge is 0.497 e. The highest BCUT2D eigenvalue weighted by Crippen LogP contribution is 2.35. The van der Waals surface area contributed by atoms with Gasteiger partial charge in [-0.1, -0.05) is 12.1 Å². The van der Waals surface area contributed by atoms with Gasteiger partial charge in [-0.25, -0.2) is 9.18 Å². The van der Waals surface area contributed by atoms with Gasteiger partial charge in [-0.05, 0) is 48.0 Å². The molecule has 0 aliphatic carbocycles. The first-order valence-electron chi connectivity index (χ1n) is 7.24. The standard InChI is InChI=1S/C19H15FO4/c1-22-15-7-8-17(23-2)16(11-15)18-10-13(19(21)24-18)9-12-3-5-14(20)6-4-12/h3-11H,1-2H3. The predicted octanol–water partition coefficient (Wildman–Crippen LogP) is 3.82. The van der Waals surface area contributed by atoms with E-state index in [-0.39, 0.29) is 5.82 Å². The zero-order valence-electron chi connectivity index (χ0n) is 13.2. The molecule has 0 saturated heterocycles. The highest BCUT2D eigenvalue weighted by atomic mass is 19.1. The van der Waals surface area contributed by atoms with E-state index in [1.807, 2.05) is 0 Å². The van der Waals surface area contributed by atoms with Crippen molar-refractivity contribution >= 4 is 17.8 Å². The van der Waals surface area contributed by atoms with Crippen LogP contribution in [0, 0.1) is 5.82 Å². The maximum Gasteiger partial charge on any atom is 0.343 e. The second kappa shape index (κ2) is 6.58. The van der Waals surface area contributed by atoms with Gasteiger partial charge in [0.05, 0.1) is 25.4 Å². The van der Waals surface area contributed by atoms with Crippen molar-refractivity contribution in [3.05, 3.63) is 71.1 Å². The topological polar surface area (TPSA) is 44.8 Å². The van der Waals surface area contributed by atoms with Crippen LogP contribution in [-0.4, -0.2) is 20.2 Å². The number of benzene rings is 2. The lowest BCUT2D eigenvalue weighted by atomic mass is 10.1. The molecule has 0 aromatic heterocycles. The quantitative estimate of drug-likeness (QED) is 0.633. The number of halogens is 1. The molecule has 0 amide bonds. The van der Waals surface area contributed by atoms with E-state index < -0.39 is 5.97 Å². The Morgan fingerprint density at radius 1 is 1.04 bits per heavy atom. The van der Waals surface area contributed by atoms with E-state index in [0.29, 0.717) is 34.0 Å². The monoisotopic (exact) mass is 326 g/mol. The molecule has 1 aliphatic heterocycles. The molecule has 1 heterocycles. The van der Waals surface area contributed by atoms with E-state index in [2.05, 4.69) is 0 Å². The zero-order valence-corrected chi connectivity index (χ0v) is 13.2. The van der Waals surface area contributed by atoms with Crippen LogP contribution in [0.3, 0.4) is 0 Å². The minimum atomic E-state index is -0.473. The number of esters is 1. The molecule has 2 aromatic rings. The number of rotatable bonds is 4. The molecular formula is C19H15FO4. The van der Waals surface area contributed by atoms with Crippen molar-refractivity contribution < 1.29 is 23.4 Å². The fourth-order valence-electron chi connectivity index (χ4n) is 2.37. The summed E-state index contributed by atoms with van der Waals surface area (Å²) in [5, 5.41) is 0. The van der Waals surface area contributed by atoms with Crippen LogP contribution in [0.2, 0.25) is 0 Å². The summed E-state index contributed by atoms with van der Waals surface area (Å²) in [5.41, 5.74) is 1.70. The predicted molar refractivity (Wildman–Crippen MR) is 88.0 cm³/mol. The van der Waals surface area contributed by atoms with Crippen LogP contribution in [0.1, 0.15) is 11.1 Å². The number of hydrogen-bond donors (Lipinski definition) is 0. The molecule has 0 bridgehead atoms. The third-order valence-electron chi connectivity index (χ3n) is 3.59. The fraction of sp³-hybridized carbons (Fsp3) is 0.105. The molecule has 0 fully saturated rings. The van der Waals surface area contributed by atoms with Crippen molar-refractivity contribution in [1.29, 1.82) is 0 Å². The summed E-state index contributed by atoms with van der Waals surface area (Å²) in [6, 6.07) is 11.1. The molecular weight excluding hydrogens is 311 g/mol. The van der Waals surface area contributed by atoms with E-state index in [1.54, 1.807) is 49.6 Å². The van der Waals surface area contributed by atoms with Crippen LogP contribution in [0.25, 0.3) is 11.8 Å². The van der Waals surface area contributed by atoms with E-state index >= 15 is 0 Å². The molecule has 0 radical (unpaired) electrons. The normalized spacial score (nSPS) is 15.2. The summed E-state index contributed by atoms with van der Waals surface area (Å²) in [6.45, 7) is 0. The van der Waals surface area contributed by atoms with Gasteiger partial charge in [0.15, 0.2) is 0 Å². The van der Waals surface area contributed by atoms with Crippen molar-refractivity contribution in [1.82, 2.24) is 0 Å². The molecule has 0 N–H and O–H groups in total. The summed E-state index contributed by atoms with van der Waals surface area (Å²) in [6.07, 6.45) is 3.27. The first-order chi connectivity index (χ1) is 11.6. The van der Waals surface area contributed by atoms with Gasteiger partial charge in [-0.2, -0.15) is 0 Å². The van der Waals surface area contributed by atoms with E-state index in [4.69, 9.17) is 14.2 Å². The van der Waals surface area contributed by atoms with Crippen molar-refractivity contribution in [2.45, 2.75) is 0 Å². The second-order valence-electron chi connectivity index (χ2n) is 5.12. The van der Waals surface area contributed by atoms with Crippen LogP contribution in [-0.2, 0) is 9.53 Å². The van der Waals surface area contributed by atoms with Gasteiger partial charge in [0.25, 0.3) is 0 Å². The number of carbonyl (C=O) groups is 1. The van der Waals surface area contributed by atoms with E-state index in [1.165, 1.54) is 19.2 Å². The minimum Gasteiger partial charge on any atom is -0.497 e. The Morgan fingerprint density at radius 2 is 1.79 bits per heavy atom. The van der Waals surface area contributed by atoms with Gasteiger partial charge < -0.3 is 14.2 Å². The Balaban J connectivity index is 1.98. The maximum absolute atomic E-state index is 13.0. The number of carbonyl (C=O) groups excluding carboxylic acids is 1. The fourth-order valence-corrected chi connectivity index (χ4v) is 2.37. The lowest BCUT2D eigenvalue weighted by Crippen LogP contribution is -1.98. The van der Waals surface area contributed by atoms with Crippen molar-refractivity contribution in [3.63, 3.8) is 0 Å². The summed E-state index contributed by atoms with van der Waals surface area (Å²) in [7, 11) is 3.10. The first kappa shape index (κ1) is 15.8. The summed E-state index contributed by atoms with van der Waals surface area (Å²) >= 11 is 0. The smallest absolute Gasteiger partial charge is 0.343 e. The van der Waals surface area contributed by atoms with Crippen LogP contribution in [0.4, 0.5) is 4.39 Å². The molecule has 4 nitrogen and oxygen atoms in total. The average molecular weight is 326 g/mol. The van der Waals surface area contributed by atoms with Crippen molar-refractivity contribution in [3.8, 4) is 11.5 Å². The van der Waals surface area contributed by atoms with Gasteiger partial charge in [0.1, 0.15) is 23.1 Å². The molecule has 0 saturated carbocycles. The Labute approximate surface area is 138 Å². The summed E-state index contributed by atoms with van der Waals surface area (Å²) < 4.78 is 28.8. The Hall–Kier alpha value is -3.08. The molecule has 5 heteroatoms. The van der Waals surface area contributed by atoms with Gasteiger partial charge in [-0.15, -0.1) is 0 Å². The summed E-state index contributed by atoms with van der Waals surface area (Å²) in [5.74, 6) is 0.767. The van der Waals surface area contributed by atoms with Gasteiger partial charge in [-0.3, -0.25) is 0 Å². The third kappa shape index (κ3) is 3.15. The lowest BCUT2D eigenvalue weighted by molar-refractivity contribution is -0.130. The highest BCUT2D eigenvalue weighted by Gasteiger charge is 2.24. The number of hydrogen-bond acceptors (Lipinski definition) is 4. The van der Waals surface area contributed by atoms with Crippen molar-refractivity contribution in [2.24, 2.45) is 0 Å². The van der Waals surface area contributed by atoms with Gasteiger partial charge in [0.2, 0.25) is 0 Å². The maximum atomic E-state index is 13.0. The van der Waals surface area contributed by atoms with Crippen LogP contribution in [0.15, 0.2) is 54.1 Å². The first-order valence-corrected chi connectivity index (χ1v) is 7.24. The van der Waals surface area contributed by atoms with E-state index in [0.717, 1.165) is 0 Å². The SMILES string of the molecule is COc1ccc(OC)c(C2=CC(=Cc3ccc(F)cc3)C(=O)O2)c1. The molecule has 0 spiro atoms. The van der Waals surface area contributed by atoms with E-state index in [9.17, 15) is 9.18 Å². The third-order valence-corrected chi connectivity index (χ3v) is 3.59. The molecule has 24 heavy (non-hydrogen) atoms. The molecule has 0 atom stereocenters. The molecule has 3 rings (SSSR count). The lowest BCUT2D eigenvalue weighted by Gasteiger charge is -2.10. The van der Waals surface area contributed by atoms with Crippen LogP contribution >= 0.6 is 0 Å². The molecule has 0 unspecified atom stereocenters. The van der Waals surface area contributed by atoms with Gasteiger partial charge >= 0.3 is 5.97 Å². The van der Waals surface area contributed by atoms with Crippen LogP contribution in [0.5, 0.6) is 11.5 Å².